The summed E-state index contributed by atoms with van der Waals surface area (Å²) in [5.74, 6) is 0. The molecule has 0 amide bonds. The standard InChI is InChI=1S/C18H35N3/c1-6-11-12-18(8-3,15-19-9-4)14-17-13-16(7-2)20-21(17)10-5/h13,19H,6-12,14-15H2,1-5H3. The molecule has 0 aromatic carbocycles. The quantitative estimate of drug-likeness (QED) is 0.662. The highest BCUT2D eigenvalue weighted by atomic mass is 15.3. The van der Waals surface area contributed by atoms with Crippen molar-refractivity contribution in [1.29, 1.82) is 0 Å². The van der Waals surface area contributed by atoms with Crippen LogP contribution in [0.25, 0.3) is 0 Å². The first-order chi connectivity index (χ1) is 10.1. The lowest BCUT2D eigenvalue weighted by molar-refractivity contribution is 0.225. The minimum Gasteiger partial charge on any atom is -0.316 e. The van der Waals surface area contributed by atoms with Gasteiger partial charge in [-0.3, -0.25) is 4.68 Å². The van der Waals surface area contributed by atoms with Crippen LogP contribution >= 0.6 is 0 Å². The Hall–Kier alpha value is -0.830. The Morgan fingerprint density at radius 3 is 2.48 bits per heavy atom. The molecule has 1 rings (SSSR count). The first-order valence-corrected chi connectivity index (χ1v) is 8.90. The second-order valence-corrected chi connectivity index (χ2v) is 6.21. The van der Waals surface area contributed by atoms with Crippen LogP contribution in [0.3, 0.4) is 0 Å². The van der Waals surface area contributed by atoms with Crippen molar-refractivity contribution >= 4 is 0 Å². The first-order valence-electron chi connectivity index (χ1n) is 8.90. The molecule has 1 unspecified atom stereocenters. The third kappa shape index (κ3) is 5.14. The van der Waals surface area contributed by atoms with Gasteiger partial charge in [0.15, 0.2) is 0 Å². The van der Waals surface area contributed by atoms with E-state index in [0.717, 1.165) is 32.5 Å². The molecule has 1 N–H and O–H groups in total. The van der Waals surface area contributed by atoms with Gasteiger partial charge in [0.1, 0.15) is 0 Å². The second-order valence-electron chi connectivity index (χ2n) is 6.21. The van der Waals surface area contributed by atoms with Crippen LogP contribution in [0.15, 0.2) is 6.07 Å². The van der Waals surface area contributed by atoms with Gasteiger partial charge in [-0.05, 0) is 50.6 Å². The van der Waals surface area contributed by atoms with Crippen LogP contribution in [0, 0.1) is 5.41 Å². The maximum Gasteiger partial charge on any atom is 0.0624 e. The molecule has 0 aliphatic rings. The highest BCUT2D eigenvalue weighted by Gasteiger charge is 2.29. The molecule has 21 heavy (non-hydrogen) atoms. The van der Waals surface area contributed by atoms with E-state index in [-0.39, 0.29) is 0 Å². The maximum atomic E-state index is 4.72. The van der Waals surface area contributed by atoms with Crippen molar-refractivity contribution in [3.8, 4) is 0 Å². The van der Waals surface area contributed by atoms with Gasteiger partial charge in [0.05, 0.1) is 5.69 Å². The molecule has 0 radical (unpaired) electrons. The van der Waals surface area contributed by atoms with Gasteiger partial charge in [-0.25, -0.2) is 0 Å². The lowest BCUT2D eigenvalue weighted by Gasteiger charge is -2.33. The minimum atomic E-state index is 0.379. The van der Waals surface area contributed by atoms with Gasteiger partial charge < -0.3 is 5.32 Å². The molecule has 1 atom stereocenters. The Kier molecular flexibility index (Phi) is 8.02. The number of hydrogen-bond acceptors (Lipinski definition) is 2. The van der Waals surface area contributed by atoms with Gasteiger partial charge in [-0.15, -0.1) is 0 Å². The Morgan fingerprint density at radius 1 is 1.19 bits per heavy atom. The maximum absolute atomic E-state index is 4.72. The Bertz CT molecular complexity index is 387. The van der Waals surface area contributed by atoms with Crippen LogP contribution in [0.2, 0.25) is 0 Å². The van der Waals surface area contributed by atoms with Crippen LogP contribution in [-0.2, 0) is 19.4 Å². The average molecular weight is 293 g/mol. The summed E-state index contributed by atoms with van der Waals surface area (Å²) >= 11 is 0. The van der Waals surface area contributed by atoms with Gasteiger partial charge in [-0.1, -0.05) is 40.5 Å². The normalized spacial score (nSPS) is 14.3. The van der Waals surface area contributed by atoms with Crippen molar-refractivity contribution in [2.75, 3.05) is 13.1 Å². The van der Waals surface area contributed by atoms with E-state index in [0.29, 0.717) is 5.41 Å². The molecular weight excluding hydrogens is 258 g/mol. The zero-order chi connectivity index (χ0) is 15.7. The Morgan fingerprint density at radius 2 is 1.95 bits per heavy atom. The second kappa shape index (κ2) is 9.24. The topological polar surface area (TPSA) is 29.9 Å². The number of aryl methyl sites for hydroxylation is 2. The van der Waals surface area contributed by atoms with E-state index in [2.05, 4.69) is 50.7 Å². The molecule has 3 nitrogen and oxygen atoms in total. The number of hydrogen-bond donors (Lipinski definition) is 1. The summed E-state index contributed by atoms with van der Waals surface area (Å²) in [4.78, 5) is 0. The third-order valence-corrected chi connectivity index (χ3v) is 4.69. The van der Waals surface area contributed by atoms with E-state index in [4.69, 9.17) is 5.10 Å². The molecule has 0 aliphatic carbocycles. The summed E-state index contributed by atoms with van der Waals surface area (Å²) in [6, 6.07) is 2.33. The number of unbranched alkanes of at least 4 members (excludes halogenated alkanes) is 1. The third-order valence-electron chi connectivity index (χ3n) is 4.69. The van der Waals surface area contributed by atoms with Crippen LogP contribution in [0.4, 0.5) is 0 Å². The van der Waals surface area contributed by atoms with Crippen molar-refractivity contribution in [1.82, 2.24) is 15.1 Å². The van der Waals surface area contributed by atoms with E-state index in [9.17, 15) is 0 Å². The van der Waals surface area contributed by atoms with E-state index in [1.807, 2.05) is 0 Å². The molecule has 1 aromatic heterocycles. The predicted octanol–water partition coefficient (Wildman–Crippen LogP) is 4.20. The summed E-state index contributed by atoms with van der Waals surface area (Å²) in [5.41, 5.74) is 3.03. The van der Waals surface area contributed by atoms with Crippen molar-refractivity contribution in [2.24, 2.45) is 5.41 Å². The smallest absolute Gasteiger partial charge is 0.0624 e. The van der Waals surface area contributed by atoms with Crippen LogP contribution in [-0.4, -0.2) is 22.9 Å². The SMILES string of the molecule is CCCCC(CC)(CNCC)Cc1cc(CC)nn1CC. The van der Waals surface area contributed by atoms with Gasteiger partial charge in [0, 0.05) is 18.8 Å². The number of rotatable bonds is 11. The highest BCUT2D eigenvalue weighted by Crippen LogP contribution is 2.33. The molecule has 122 valence electrons. The van der Waals surface area contributed by atoms with Crippen LogP contribution < -0.4 is 5.32 Å². The molecule has 0 bridgehead atoms. The fourth-order valence-electron chi connectivity index (χ4n) is 3.10. The molecule has 0 fully saturated rings. The van der Waals surface area contributed by atoms with Crippen LogP contribution in [0.1, 0.15) is 71.7 Å². The lowest BCUT2D eigenvalue weighted by Crippen LogP contribution is -2.36. The minimum absolute atomic E-state index is 0.379. The van der Waals surface area contributed by atoms with Crippen molar-refractivity contribution < 1.29 is 0 Å². The van der Waals surface area contributed by atoms with Crippen molar-refractivity contribution in [3.05, 3.63) is 17.5 Å². The molecule has 0 aliphatic heterocycles. The summed E-state index contributed by atoms with van der Waals surface area (Å²) < 4.78 is 2.21. The van der Waals surface area contributed by atoms with Gasteiger partial charge in [-0.2, -0.15) is 5.10 Å². The summed E-state index contributed by atoms with van der Waals surface area (Å²) in [6.07, 6.45) is 7.32. The molecule has 1 heterocycles. The summed E-state index contributed by atoms with van der Waals surface area (Å²) in [6.45, 7) is 14.4. The Labute approximate surface area is 131 Å². The summed E-state index contributed by atoms with van der Waals surface area (Å²) in [7, 11) is 0. The van der Waals surface area contributed by atoms with Crippen molar-refractivity contribution in [3.63, 3.8) is 0 Å². The van der Waals surface area contributed by atoms with Gasteiger partial charge in [0.2, 0.25) is 0 Å². The zero-order valence-corrected chi connectivity index (χ0v) is 14.8. The number of nitrogens with zero attached hydrogens (tertiary/aromatic N) is 2. The van der Waals surface area contributed by atoms with E-state index in [1.165, 1.54) is 37.1 Å². The number of nitrogens with one attached hydrogen (secondary N) is 1. The fraction of sp³-hybridized carbons (Fsp3) is 0.833. The molecule has 0 spiro atoms. The fourth-order valence-corrected chi connectivity index (χ4v) is 3.10. The van der Waals surface area contributed by atoms with E-state index in [1.54, 1.807) is 0 Å². The van der Waals surface area contributed by atoms with Gasteiger partial charge >= 0.3 is 0 Å². The molecule has 1 aromatic rings. The monoisotopic (exact) mass is 293 g/mol. The molecule has 3 heteroatoms. The lowest BCUT2D eigenvalue weighted by atomic mass is 9.76. The highest BCUT2D eigenvalue weighted by molar-refractivity contribution is 5.13. The van der Waals surface area contributed by atoms with E-state index >= 15 is 0 Å². The predicted molar refractivity (Wildman–Crippen MR) is 91.8 cm³/mol. The van der Waals surface area contributed by atoms with Crippen LogP contribution in [0.5, 0.6) is 0 Å². The first kappa shape index (κ1) is 18.2. The van der Waals surface area contributed by atoms with Crippen molar-refractivity contribution in [2.45, 2.75) is 79.7 Å². The summed E-state index contributed by atoms with van der Waals surface area (Å²) in [5, 5.41) is 8.32. The van der Waals surface area contributed by atoms with E-state index < -0.39 is 0 Å². The number of aromatic nitrogens is 2. The molecule has 0 saturated carbocycles. The van der Waals surface area contributed by atoms with Gasteiger partial charge in [0.25, 0.3) is 0 Å². The molecular formula is C18H35N3. The largest absolute Gasteiger partial charge is 0.316 e. The Balaban J connectivity index is 2.94. The average Bonchev–Trinajstić information content (AvgIpc) is 2.92. The zero-order valence-electron chi connectivity index (χ0n) is 14.8. The molecule has 0 saturated heterocycles.